The van der Waals surface area contributed by atoms with Gasteiger partial charge in [0.1, 0.15) is 18.5 Å². The van der Waals surface area contributed by atoms with Crippen LogP contribution in [0.1, 0.15) is 23.3 Å². The zero-order valence-corrected chi connectivity index (χ0v) is 11.3. The number of nitrogens with zero attached hydrogens (tertiary/aromatic N) is 1. The van der Waals surface area contributed by atoms with Gasteiger partial charge in [0, 0.05) is 24.6 Å². The fraction of sp³-hybridized carbons (Fsp3) is 0.429. The molecule has 2 N–H and O–H groups in total. The number of carbonyl (C=O) groups is 2. The maximum Gasteiger partial charge on any atom is 0.355 e. The number of amides is 1. The van der Waals surface area contributed by atoms with Gasteiger partial charge in [0.15, 0.2) is 6.23 Å². The molecule has 2 aliphatic heterocycles. The first-order valence-electron chi connectivity index (χ1n) is 6.77. The minimum atomic E-state index is -0.844. The summed E-state index contributed by atoms with van der Waals surface area (Å²) in [7, 11) is 0. The van der Waals surface area contributed by atoms with Crippen molar-refractivity contribution in [3.05, 3.63) is 35.7 Å². The molecule has 1 amide bonds. The lowest BCUT2D eigenvalue weighted by Crippen LogP contribution is -2.43. The third-order valence-electron chi connectivity index (χ3n) is 3.58. The average Bonchev–Trinajstić information content (AvgIpc) is 3.18. The van der Waals surface area contributed by atoms with Gasteiger partial charge in [-0.2, -0.15) is 0 Å². The lowest BCUT2D eigenvalue weighted by molar-refractivity contribution is -0.148. The van der Waals surface area contributed by atoms with Crippen LogP contribution in [0.5, 0.6) is 0 Å². The third kappa shape index (κ3) is 2.70. The minimum absolute atomic E-state index is 0.0268. The zero-order chi connectivity index (χ0) is 14.8. The van der Waals surface area contributed by atoms with E-state index in [1.165, 1.54) is 4.90 Å². The molecule has 3 rings (SSSR count). The zero-order valence-electron chi connectivity index (χ0n) is 11.3. The Hall–Kier alpha value is -2.12. The van der Waals surface area contributed by atoms with Gasteiger partial charge >= 0.3 is 5.97 Å². The van der Waals surface area contributed by atoms with E-state index >= 15 is 0 Å². The van der Waals surface area contributed by atoms with Crippen LogP contribution in [0.4, 0.5) is 0 Å². The molecule has 1 aromatic heterocycles. The molecule has 0 aromatic carbocycles. The van der Waals surface area contributed by atoms with Gasteiger partial charge in [-0.05, 0) is 12.1 Å². The smallest absolute Gasteiger partial charge is 0.355 e. The number of ether oxygens (including phenoxy) is 2. The molecule has 0 spiro atoms. The number of hydrogen-bond donors (Lipinski definition) is 2. The second-order valence-corrected chi connectivity index (χ2v) is 4.94. The van der Waals surface area contributed by atoms with Crippen LogP contribution < -0.4 is 0 Å². The van der Waals surface area contributed by atoms with E-state index in [0.717, 1.165) is 0 Å². The number of aliphatic hydroxyl groups excluding tert-OH is 1. The largest absolute Gasteiger partial charge is 0.456 e. The monoisotopic (exact) mass is 292 g/mol. The van der Waals surface area contributed by atoms with Crippen molar-refractivity contribution >= 4 is 11.9 Å². The molecule has 1 saturated heterocycles. The van der Waals surface area contributed by atoms with Crippen molar-refractivity contribution in [2.45, 2.75) is 25.3 Å². The average molecular weight is 292 g/mol. The summed E-state index contributed by atoms with van der Waals surface area (Å²) < 4.78 is 10.7. The molecule has 3 heterocycles. The Balaban J connectivity index is 1.62. The quantitative estimate of drug-likeness (QED) is 0.619. The fourth-order valence-electron chi connectivity index (χ4n) is 2.50. The number of aromatic nitrogens is 1. The van der Waals surface area contributed by atoms with Crippen LogP contribution in [-0.2, 0) is 14.3 Å². The molecular formula is C14H16N2O5. The van der Waals surface area contributed by atoms with Gasteiger partial charge in [-0.3, -0.25) is 9.69 Å². The van der Waals surface area contributed by atoms with Gasteiger partial charge in [0.25, 0.3) is 0 Å². The van der Waals surface area contributed by atoms with Gasteiger partial charge in [0.2, 0.25) is 5.91 Å². The highest BCUT2D eigenvalue weighted by Gasteiger charge is 2.39. The molecule has 1 aromatic rings. The first-order valence-corrected chi connectivity index (χ1v) is 6.77. The van der Waals surface area contributed by atoms with Crippen molar-refractivity contribution in [1.82, 2.24) is 9.88 Å². The number of rotatable bonds is 4. The topological polar surface area (TPSA) is 91.9 Å². The molecule has 7 nitrogen and oxygen atoms in total. The number of H-pyrrole nitrogens is 1. The molecule has 7 heteroatoms. The van der Waals surface area contributed by atoms with Crippen LogP contribution in [0.25, 0.3) is 0 Å². The van der Waals surface area contributed by atoms with Gasteiger partial charge in [-0.15, -0.1) is 0 Å². The Labute approximate surface area is 121 Å². The van der Waals surface area contributed by atoms with Crippen molar-refractivity contribution in [1.29, 1.82) is 0 Å². The summed E-state index contributed by atoms with van der Waals surface area (Å²) >= 11 is 0. The Bertz CT molecular complexity index is 566. The summed E-state index contributed by atoms with van der Waals surface area (Å²) in [5.74, 6) is -0.629. The Kier molecular flexibility index (Phi) is 3.76. The molecule has 21 heavy (non-hydrogen) atoms. The van der Waals surface area contributed by atoms with E-state index in [2.05, 4.69) is 4.98 Å². The molecule has 0 unspecified atom stereocenters. The predicted octanol–water partition coefficient (Wildman–Crippen LogP) is 0.395. The highest BCUT2D eigenvalue weighted by atomic mass is 16.5. The number of carbonyl (C=O) groups excluding carboxylic acids is 2. The van der Waals surface area contributed by atoms with Crippen LogP contribution in [0.15, 0.2) is 30.0 Å². The SMILES string of the molecule is O=C(OCC1=CCO[C@@H]1N1C(=O)CC[C@H]1O)c1ccc[nH]1. The maximum atomic E-state index is 11.8. The van der Waals surface area contributed by atoms with Crippen molar-refractivity contribution in [2.75, 3.05) is 13.2 Å². The van der Waals surface area contributed by atoms with E-state index in [-0.39, 0.29) is 12.5 Å². The van der Waals surface area contributed by atoms with Crippen LogP contribution in [0.3, 0.4) is 0 Å². The Morgan fingerprint density at radius 1 is 1.57 bits per heavy atom. The number of aliphatic hydroxyl groups is 1. The number of esters is 1. The summed E-state index contributed by atoms with van der Waals surface area (Å²) in [5.41, 5.74) is 1.03. The summed E-state index contributed by atoms with van der Waals surface area (Å²) in [4.78, 5) is 27.6. The summed E-state index contributed by atoms with van der Waals surface area (Å²) in [6.07, 6.45) is 2.61. The summed E-state index contributed by atoms with van der Waals surface area (Å²) in [6.45, 7) is 0.357. The molecule has 0 saturated carbocycles. The molecule has 2 aliphatic rings. The molecule has 1 fully saturated rings. The Morgan fingerprint density at radius 2 is 2.43 bits per heavy atom. The fourth-order valence-corrected chi connectivity index (χ4v) is 2.50. The summed E-state index contributed by atoms with van der Waals surface area (Å²) in [6, 6.07) is 3.32. The Morgan fingerprint density at radius 3 is 3.10 bits per heavy atom. The maximum absolute atomic E-state index is 11.8. The third-order valence-corrected chi connectivity index (χ3v) is 3.58. The molecule has 112 valence electrons. The standard InChI is InChI=1S/C14H16N2O5/c17-11-3-4-12(18)16(11)13-9(5-7-20-13)8-21-14(19)10-2-1-6-15-10/h1-2,5-6,11,13,15,17H,3-4,7-8H2/t11-,13+/m1/s1. The number of likely N-dealkylation sites (tertiary alicyclic amines) is 1. The normalized spacial score (nSPS) is 25.3. The second kappa shape index (κ2) is 5.71. The summed E-state index contributed by atoms with van der Waals surface area (Å²) in [5, 5.41) is 9.85. The number of aromatic amines is 1. The van der Waals surface area contributed by atoms with E-state index in [0.29, 0.717) is 30.7 Å². The van der Waals surface area contributed by atoms with Crippen molar-refractivity contribution in [3.63, 3.8) is 0 Å². The van der Waals surface area contributed by atoms with Gasteiger partial charge in [-0.25, -0.2) is 4.79 Å². The van der Waals surface area contributed by atoms with E-state index < -0.39 is 18.4 Å². The molecule has 2 atom stereocenters. The number of nitrogens with one attached hydrogen (secondary N) is 1. The van der Waals surface area contributed by atoms with Crippen LogP contribution in [-0.4, -0.2) is 52.5 Å². The van der Waals surface area contributed by atoms with Crippen molar-refractivity contribution in [3.8, 4) is 0 Å². The first-order chi connectivity index (χ1) is 10.2. The second-order valence-electron chi connectivity index (χ2n) is 4.94. The minimum Gasteiger partial charge on any atom is -0.456 e. The lowest BCUT2D eigenvalue weighted by atomic mass is 10.2. The molecule has 0 aliphatic carbocycles. The van der Waals surface area contributed by atoms with E-state index in [1.807, 2.05) is 0 Å². The van der Waals surface area contributed by atoms with Crippen molar-refractivity contribution < 1.29 is 24.2 Å². The first kappa shape index (κ1) is 13.8. The number of hydrogen-bond acceptors (Lipinski definition) is 5. The lowest BCUT2D eigenvalue weighted by Gasteiger charge is -2.28. The van der Waals surface area contributed by atoms with Crippen molar-refractivity contribution in [2.24, 2.45) is 0 Å². The molecular weight excluding hydrogens is 276 g/mol. The highest BCUT2D eigenvalue weighted by molar-refractivity contribution is 5.87. The van der Waals surface area contributed by atoms with Gasteiger partial charge in [0.05, 0.1) is 6.61 Å². The molecule has 0 bridgehead atoms. The van der Waals surface area contributed by atoms with Gasteiger partial charge < -0.3 is 19.6 Å². The predicted molar refractivity (Wildman–Crippen MR) is 71.0 cm³/mol. The van der Waals surface area contributed by atoms with E-state index in [9.17, 15) is 14.7 Å². The van der Waals surface area contributed by atoms with Crippen LogP contribution in [0, 0.1) is 0 Å². The van der Waals surface area contributed by atoms with E-state index in [4.69, 9.17) is 9.47 Å². The van der Waals surface area contributed by atoms with Crippen LogP contribution in [0.2, 0.25) is 0 Å². The highest BCUT2D eigenvalue weighted by Crippen LogP contribution is 2.27. The van der Waals surface area contributed by atoms with Gasteiger partial charge in [-0.1, -0.05) is 6.08 Å². The van der Waals surface area contributed by atoms with Crippen LogP contribution >= 0.6 is 0 Å². The molecule has 0 radical (unpaired) electrons. The van der Waals surface area contributed by atoms with E-state index in [1.54, 1.807) is 24.4 Å².